The lowest BCUT2D eigenvalue weighted by molar-refractivity contribution is 0.0571. The number of benzene rings is 2. The summed E-state index contributed by atoms with van der Waals surface area (Å²) in [6, 6.07) is 15.7. The topological polar surface area (TPSA) is 54.0 Å². The minimum absolute atomic E-state index is 0.0812. The zero-order chi connectivity index (χ0) is 27.6. The van der Waals surface area contributed by atoms with Gasteiger partial charge in [-0.2, -0.15) is 0 Å². The first-order chi connectivity index (χ1) is 19.1. The van der Waals surface area contributed by atoms with Crippen molar-refractivity contribution in [3.8, 4) is 11.5 Å². The molecule has 218 valence electrons. The van der Waals surface area contributed by atoms with Gasteiger partial charge in [0.25, 0.3) is 0 Å². The maximum absolute atomic E-state index is 14.2. The van der Waals surface area contributed by atoms with E-state index < -0.39 is 7.82 Å². The number of para-hydroxylation sites is 2. The number of phosphoric acid groups is 1. The molecule has 1 aliphatic heterocycles. The third-order valence-electron chi connectivity index (χ3n) is 7.41. The van der Waals surface area contributed by atoms with Gasteiger partial charge >= 0.3 is 7.82 Å². The van der Waals surface area contributed by atoms with Crippen molar-refractivity contribution in [2.75, 3.05) is 13.2 Å². The molecule has 1 unspecified atom stereocenters. The molecule has 1 fully saturated rings. The molecular weight excluding hydrogens is 507 g/mol. The van der Waals surface area contributed by atoms with Crippen LogP contribution in [-0.4, -0.2) is 19.3 Å². The van der Waals surface area contributed by atoms with E-state index in [1.54, 1.807) is 0 Å². The van der Waals surface area contributed by atoms with E-state index in [0.29, 0.717) is 18.1 Å². The zero-order valence-corrected chi connectivity index (χ0v) is 25.3. The lowest BCUT2D eigenvalue weighted by Gasteiger charge is -2.23. The largest absolute Gasteiger partial charge is 0.587 e. The molecule has 3 rings (SSSR count). The van der Waals surface area contributed by atoms with Crippen molar-refractivity contribution in [1.82, 2.24) is 0 Å². The summed E-state index contributed by atoms with van der Waals surface area (Å²) in [7, 11) is -3.96. The number of ether oxygens (including phenoxy) is 1. The number of hydrogen-bond donors (Lipinski definition) is 0. The van der Waals surface area contributed by atoms with Gasteiger partial charge in [0.1, 0.15) is 11.5 Å². The molecule has 39 heavy (non-hydrogen) atoms. The summed E-state index contributed by atoms with van der Waals surface area (Å²) in [5.74, 6) is 1.16. The molecule has 0 N–H and O–H groups in total. The first-order valence-electron chi connectivity index (χ1n) is 15.5. The molecule has 6 heteroatoms. The van der Waals surface area contributed by atoms with E-state index in [0.717, 1.165) is 49.7 Å². The van der Waals surface area contributed by atoms with E-state index in [1.807, 2.05) is 36.4 Å². The number of hydrogen-bond acceptors (Lipinski definition) is 5. The van der Waals surface area contributed by atoms with Gasteiger partial charge in [-0.15, -0.1) is 0 Å². The molecule has 2 aromatic rings. The Bertz CT molecular complexity index is 907. The van der Waals surface area contributed by atoms with Crippen LogP contribution in [0.4, 0.5) is 0 Å². The summed E-state index contributed by atoms with van der Waals surface area (Å²) in [6.45, 7) is 5.38. The SMILES string of the molecule is CCCCCCCCc1ccccc1OP(=O)(OCC1CCCO1)Oc1ccccc1CCCCCCCC. The Hall–Kier alpha value is -1.81. The van der Waals surface area contributed by atoms with E-state index in [9.17, 15) is 4.57 Å². The van der Waals surface area contributed by atoms with E-state index in [-0.39, 0.29) is 12.7 Å². The molecule has 0 aromatic heterocycles. The van der Waals surface area contributed by atoms with Gasteiger partial charge in [-0.05, 0) is 61.8 Å². The van der Waals surface area contributed by atoms with Crippen LogP contribution in [0.2, 0.25) is 0 Å². The van der Waals surface area contributed by atoms with Gasteiger partial charge < -0.3 is 13.8 Å². The van der Waals surface area contributed by atoms with E-state index in [1.165, 1.54) is 64.2 Å². The molecule has 0 radical (unpaired) electrons. The van der Waals surface area contributed by atoms with Crippen molar-refractivity contribution < 1.29 is 22.9 Å². The predicted octanol–water partition coefficient (Wildman–Crippen LogP) is 10.3. The van der Waals surface area contributed by atoms with Gasteiger partial charge in [-0.1, -0.05) is 114 Å². The summed E-state index contributed by atoms with van der Waals surface area (Å²) in [4.78, 5) is 0. The molecule has 1 saturated heterocycles. The molecule has 0 bridgehead atoms. The first-order valence-corrected chi connectivity index (χ1v) is 17.0. The number of phosphoric ester groups is 1. The molecule has 2 aromatic carbocycles. The fraction of sp³-hybridized carbons (Fsp3) is 0.636. The number of rotatable bonds is 21. The first kappa shape index (κ1) is 31.7. The zero-order valence-electron chi connectivity index (χ0n) is 24.4. The van der Waals surface area contributed by atoms with Crippen molar-refractivity contribution in [1.29, 1.82) is 0 Å². The lowest BCUT2D eigenvalue weighted by Crippen LogP contribution is -2.16. The number of unbranched alkanes of at least 4 members (excludes halogenated alkanes) is 10. The van der Waals surface area contributed by atoms with E-state index in [4.69, 9.17) is 18.3 Å². The Labute approximate surface area is 237 Å². The lowest BCUT2D eigenvalue weighted by atomic mass is 10.0. The van der Waals surface area contributed by atoms with Crippen LogP contribution in [0.3, 0.4) is 0 Å². The van der Waals surface area contributed by atoms with Crippen LogP contribution in [0.15, 0.2) is 48.5 Å². The Kier molecular flexibility index (Phi) is 15.1. The highest BCUT2D eigenvalue weighted by molar-refractivity contribution is 7.49. The normalized spacial score (nSPS) is 15.5. The van der Waals surface area contributed by atoms with Crippen molar-refractivity contribution in [2.45, 2.75) is 123 Å². The second-order valence-corrected chi connectivity index (χ2v) is 12.3. The Morgan fingerprint density at radius 1 is 0.718 bits per heavy atom. The molecule has 5 nitrogen and oxygen atoms in total. The van der Waals surface area contributed by atoms with Crippen LogP contribution in [0.25, 0.3) is 0 Å². The summed E-state index contributed by atoms with van der Waals surface area (Å²) >= 11 is 0. The minimum Gasteiger partial charge on any atom is -0.395 e. The van der Waals surface area contributed by atoms with Crippen LogP contribution in [0, 0.1) is 0 Å². The molecule has 0 spiro atoms. The predicted molar refractivity (Wildman–Crippen MR) is 161 cm³/mol. The third-order valence-corrected chi connectivity index (χ3v) is 8.71. The molecule has 0 amide bonds. The fourth-order valence-corrected chi connectivity index (χ4v) is 6.38. The van der Waals surface area contributed by atoms with Gasteiger partial charge in [0.2, 0.25) is 0 Å². The number of aryl methyl sites for hydroxylation is 2. The summed E-state index contributed by atoms with van der Waals surface area (Å²) < 4.78 is 38.2. The van der Waals surface area contributed by atoms with Crippen molar-refractivity contribution in [3.05, 3.63) is 59.7 Å². The van der Waals surface area contributed by atoms with Gasteiger partial charge in [0.05, 0.1) is 12.7 Å². The van der Waals surface area contributed by atoms with E-state index in [2.05, 4.69) is 26.0 Å². The molecule has 1 atom stereocenters. The monoisotopic (exact) mass is 558 g/mol. The van der Waals surface area contributed by atoms with Gasteiger partial charge in [0.15, 0.2) is 0 Å². The second-order valence-electron chi connectivity index (χ2n) is 10.8. The van der Waals surface area contributed by atoms with Crippen LogP contribution in [0.1, 0.15) is 115 Å². The summed E-state index contributed by atoms with van der Waals surface area (Å²) in [5.41, 5.74) is 2.08. The Morgan fingerprint density at radius 2 is 1.21 bits per heavy atom. The molecular formula is C33H51O5P. The van der Waals surface area contributed by atoms with Gasteiger partial charge in [-0.25, -0.2) is 4.57 Å². The highest BCUT2D eigenvalue weighted by Crippen LogP contribution is 2.51. The maximum atomic E-state index is 14.2. The molecule has 0 aliphatic carbocycles. The maximum Gasteiger partial charge on any atom is 0.587 e. The third kappa shape index (κ3) is 12.1. The van der Waals surface area contributed by atoms with Crippen LogP contribution in [-0.2, 0) is 26.7 Å². The summed E-state index contributed by atoms with van der Waals surface area (Å²) in [5, 5.41) is 0. The van der Waals surface area contributed by atoms with Crippen molar-refractivity contribution >= 4 is 7.82 Å². The fourth-order valence-electron chi connectivity index (χ4n) is 5.05. The minimum atomic E-state index is -3.96. The average molecular weight is 559 g/mol. The Morgan fingerprint density at radius 3 is 1.69 bits per heavy atom. The molecule has 1 heterocycles. The second kappa shape index (κ2) is 18.5. The highest BCUT2D eigenvalue weighted by Gasteiger charge is 2.34. The van der Waals surface area contributed by atoms with E-state index >= 15 is 0 Å². The van der Waals surface area contributed by atoms with Gasteiger partial charge in [0, 0.05) is 6.61 Å². The molecule has 1 aliphatic rings. The van der Waals surface area contributed by atoms with Crippen molar-refractivity contribution in [3.63, 3.8) is 0 Å². The average Bonchev–Trinajstić information content (AvgIpc) is 3.47. The standard InChI is InChI=1S/C33H51O5P/c1-3-5-7-9-11-13-20-29-22-15-17-25-32(29)37-39(34,36-28-31-24-19-27-35-31)38-33-26-18-16-23-30(33)21-14-12-10-8-6-4-2/h15-18,22-23,25-26,31H,3-14,19-21,24,27-28H2,1-2H3. The van der Waals surface area contributed by atoms with Crippen LogP contribution >= 0.6 is 7.82 Å². The van der Waals surface area contributed by atoms with Gasteiger partial charge in [-0.3, -0.25) is 4.52 Å². The summed E-state index contributed by atoms with van der Waals surface area (Å²) in [6.07, 6.45) is 18.2. The van der Waals surface area contributed by atoms with Crippen molar-refractivity contribution in [2.24, 2.45) is 0 Å². The van der Waals surface area contributed by atoms with Crippen LogP contribution in [0.5, 0.6) is 11.5 Å². The highest BCUT2D eigenvalue weighted by atomic mass is 31.2. The quantitative estimate of drug-likeness (QED) is 0.113. The Balaban J connectivity index is 1.68. The molecule has 0 saturated carbocycles. The smallest absolute Gasteiger partial charge is 0.395 e. The van der Waals surface area contributed by atoms with Crippen LogP contribution < -0.4 is 9.05 Å².